The Morgan fingerprint density at radius 2 is 1.86 bits per heavy atom. The van der Waals surface area contributed by atoms with Crippen LogP contribution in [0.15, 0.2) is 47.5 Å². The molecule has 3 rings (SSSR count). The third kappa shape index (κ3) is 4.56. The molecular formula is C22H21F3N2OS. The number of carbonyl (C=O) groups is 1. The summed E-state index contributed by atoms with van der Waals surface area (Å²) < 4.78 is 39.2. The van der Waals surface area contributed by atoms with Gasteiger partial charge in [0.2, 0.25) is 0 Å². The van der Waals surface area contributed by atoms with Crippen molar-refractivity contribution in [2.24, 2.45) is 0 Å². The van der Waals surface area contributed by atoms with E-state index in [4.69, 9.17) is 0 Å². The van der Waals surface area contributed by atoms with Gasteiger partial charge in [-0.05, 0) is 48.4 Å². The number of hydrogen-bond acceptors (Lipinski definition) is 3. The standard InChI is InChI=1S/C22H21F3N2OS/c1-4-29-21-19(20(28)26-12-15-8-6-5-7-13(15)2)14(3)17-10-9-16(22(23,24)25)11-18(17)27-21/h5-11H,4,12H2,1-3H3,(H,26,28). The van der Waals surface area contributed by atoms with Crippen molar-refractivity contribution in [1.29, 1.82) is 0 Å². The quantitative estimate of drug-likeness (QED) is 0.524. The molecule has 152 valence electrons. The first-order valence-corrected chi connectivity index (χ1v) is 10.2. The maximum atomic E-state index is 13.1. The fourth-order valence-electron chi connectivity index (χ4n) is 3.16. The van der Waals surface area contributed by atoms with Crippen LogP contribution in [-0.4, -0.2) is 16.6 Å². The zero-order valence-corrected chi connectivity index (χ0v) is 17.2. The minimum absolute atomic E-state index is 0.240. The van der Waals surface area contributed by atoms with E-state index in [0.717, 1.165) is 23.3 Å². The molecule has 0 spiro atoms. The number of alkyl halides is 3. The first-order chi connectivity index (χ1) is 13.7. The van der Waals surface area contributed by atoms with Crippen molar-refractivity contribution in [3.05, 3.63) is 70.3 Å². The molecule has 0 radical (unpaired) electrons. The summed E-state index contributed by atoms with van der Waals surface area (Å²) in [6, 6.07) is 11.2. The number of thioether (sulfide) groups is 1. The average Bonchev–Trinajstić information content (AvgIpc) is 2.66. The predicted octanol–water partition coefficient (Wildman–Crippen LogP) is 5.91. The van der Waals surface area contributed by atoms with Crippen LogP contribution in [-0.2, 0) is 12.7 Å². The number of pyridine rings is 1. The zero-order valence-electron chi connectivity index (χ0n) is 16.4. The van der Waals surface area contributed by atoms with Crippen molar-refractivity contribution in [3.8, 4) is 0 Å². The molecule has 7 heteroatoms. The largest absolute Gasteiger partial charge is 0.416 e. The van der Waals surface area contributed by atoms with Crippen LogP contribution in [0.3, 0.4) is 0 Å². The molecule has 1 N–H and O–H groups in total. The monoisotopic (exact) mass is 418 g/mol. The molecule has 0 atom stereocenters. The van der Waals surface area contributed by atoms with E-state index in [1.165, 1.54) is 17.8 Å². The number of nitrogens with one attached hydrogen (secondary N) is 1. The number of benzene rings is 2. The highest BCUT2D eigenvalue weighted by Gasteiger charge is 2.31. The van der Waals surface area contributed by atoms with Crippen LogP contribution in [0.5, 0.6) is 0 Å². The molecule has 0 aliphatic rings. The van der Waals surface area contributed by atoms with E-state index in [9.17, 15) is 18.0 Å². The number of rotatable bonds is 5. The van der Waals surface area contributed by atoms with Crippen LogP contribution in [0.25, 0.3) is 10.9 Å². The second kappa shape index (κ2) is 8.45. The number of amides is 1. The van der Waals surface area contributed by atoms with Crippen molar-refractivity contribution in [3.63, 3.8) is 0 Å². The lowest BCUT2D eigenvalue weighted by atomic mass is 10.0. The average molecular weight is 418 g/mol. The first kappa shape index (κ1) is 21.2. The Bertz CT molecular complexity index is 1060. The molecule has 0 aliphatic heterocycles. The molecule has 29 heavy (non-hydrogen) atoms. The van der Waals surface area contributed by atoms with Gasteiger partial charge in [0.1, 0.15) is 5.03 Å². The topological polar surface area (TPSA) is 42.0 Å². The van der Waals surface area contributed by atoms with E-state index in [1.807, 2.05) is 38.1 Å². The second-order valence-electron chi connectivity index (χ2n) is 6.69. The van der Waals surface area contributed by atoms with Crippen LogP contribution in [0.1, 0.15) is 39.5 Å². The van der Waals surface area contributed by atoms with Gasteiger partial charge >= 0.3 is 6.18 Å². The van der Waals surface area contributed by atoms with Crippen LogP contribution < -0.4 is 5.32 Å². The zero-order chi connectivity index (χ0) is 21.2. The minimum atomic E-state index is -4.44. The maximum absolute atomic E-state index is 13.1. The number of aryl methyl sites for hydroxylation is 2. The van der Waals surface area contributed by atoms with Crippen LogP contribution >= 0.6 is 11.8 Å². The van der Waals surface area contributed by atoms with E-state index in [0.29, 0.717) is 33.8 Å². The van der Waals surface area contributed by atoms with Crippen molar-refractivity contribution in [2.75, 3.05) is 5.75 Å². The Balaban J connectivity index is 2.01. The molecule has 0 aliphatic carbocycles. The Morgan fingerprint density at radius 1 is 1.14 bits per heavy atom. The normalized spacial score (nSPS) is 11.7. The van der Waals surface area contributed by atoms with E-state index in [1.54, 1.807) is 6.92 Å². The van der Waals surface area contributed by atoms with Crippen molar-refractivity contribution < 1.29 is 18.0 Å². The summed E-state index contributed by atoms with van der Waals surface area (Å²) in [5, 5.41) is 3.91. The van der Waals surface area contributed by atoms with Crippen LogP contribution in [0.2, 0.25) is 0 Å². The SMILES string of the molecule is CCSc1nc2cc(C(F)(F)F)ccc2c(C)c1C(=O)NCc1ccccc1C. The molecule has 1 amide bonds. The van der Waals surface area contributed by atoms with Gasteiger partial charge in [-0.15, -0.1) is 11.8 Å². The number of nitrogens with zero attached hydrogens (tertiary/aromatic N) is 1. The number of fused-ring (bicyclic) bond motifs is 1. The Kier molecular flexibility index (Phi) is 6.17. The highest BCUT2D eigenvalue weighted by molar-refractivity contribution is 7.99. The Labute approximate surface area is 171 Å². The molecule has 0 unspecified atom stereocenters. The number of hydrogen-bond donors (Lipinski definition) is 1. The summed E-state index contributed by atoms with van der Waals surface area (Å²) in [5.74, 6) is 0.366. The molecule has 0 fully saturated rings. The van der Waals surface area contributed by atoms with E-state index in [-0.39, 0.29) is 11.4 Å². The summed E-state index contributed by atoms with van der Waals surface area (Å²) in [7, 11) is 0. The fraction of sp³-hybridized carbons (Fsp3) is 0.273. The molecule has 1 heterocycles. The van der Waals surface area contributed by atoms with Crippen molar-refractivity contribution in [1.82, 2.24) is 10.3 Å². The van der Waals surface area contributed by atoms with Crippen molar-refractivity contribution >= 4 is 28.6 Å². The minimum Gasteiger partial charge on any atom is -0.348 e. The van der Waals surface area contributed by atoms with E-state index in [2.05, 4.69) is 10.3 Å². The Morgan fingerprint density at radius 3 is 2.52 bits per heavy atom. The Hall–Kier alpha value is -2.54. The van der Waals surface area contributed by atoms with Gasteiger partial charge in [0.15, 0.2) is 0 Å². The van der Waals surface area contributed by atoms with Gasteiger partial charge in [0.25, 0.3) is 5.91 Å². The lowest BCUT2D eigenvalue weighted by Gasteiger charge is -2.16. The van der Waals surface area contributed by atoms with Gasteiger partial charge in [0.05, 0.1) is 16.6 Å². The van der Waals surface area contributed by atoms with Gasteiger partial charge in [-0.2, -0.15) is 13.2 Å². The van der Waals surface area contributed by atoms with Crippen LogP contribution in [0, 0.1) is 13.8 Å². The summed E-state index contributed by atoms with van der Waals surface area (Å²) in [5.41, 5.74) is 2.61. The second-order valence-corrected chi connectivity index (χ2v) is 7.94. The van der Waals surface area contributed by atoms with Crippen molar-refractivity contribution in [2.45, 2.75) is 38.5 Å². The van der Waals surface area contributed by atoms with Gasteiger partial charge in [-0.1, -0.05) is 37.3 Å². The molecule has 0 saturated carbocycles. The summed E-state index contributed by atoms with van der Waals surface area (Å²) >= 11 is 1.34. The van der Waals surface area contributed by atoms with Gasteiger partial charge < -0.3 is 5.32 Å². The summed E-state index contributed by atoms with van der Waals surface area (Å²) in [4.78, 5) is 17.4. The molecule has 3 aromatic rings. The number of halogens is 3. The number of carbonyl (C=O) groups excluding carboxylic acids is 1. The smallest absolute Gasteiger partial charge is 0.348 e. The van der Waals surface area contributed by atoms with E-state index < -0.39 is 11.7 Å². The van der Waals surface area contributed by atoms with Crippen LogP contribution in [0.4, 0.5) is 13.2 Å². The highest BCUT2D eigenvalue weighted by Crippen LogP contribution is 2.34. The lowest BCUT2D eigenvalue weighted by molar-refractivity contribution is -0.137. The predicted molar refractivity (Wildman–Crippen MR) is 110 cm³/mol. The maximum Gasteiger partial charge on any atom is 0.416 e. The molecule has 3 nitrogen and oxygen atoms in total. The first-order valence-electron chi connectivity index (χ1n) is 9.19. The van der Waals surface area contributed by atoms with E-state index >= 15 is 0 Å². The van der Waals surface area contributed by atoms with Gasteiger partial charge in [0, 0.05) is 11.9 Å². The number of aromatic nitrogens is 1. The van der Waals surface area contributed by atoms with Gasteiger partial charge in [-0.25, -0.2) is 4.98 Å². The third-order valence-corrected chi connectivity index (χ3v) is 5.61. The molecule has 0 bridgehead atoms. The highest BCUT2D eigenvalue weighted by atomic mass is 32.2. The lowest BCUT2D eigenvalue weighted by Crippen LogP contribution is -2.25. The third-order valence-electron chi connectivity index (χ3n) is 4.75. The summed E-state index contributed by atoms with van der Waals surface area (Å²) in [6.07, 6.45) is -4.44. The fourth-order valence-corrected chi connectivity index (χ4v) is 3.99. The molecular weight excluding hydrogens is 397 g/mol. The summed E-state index contributed by atoms with van der Waals surface area (Å²) in [6.45, 7) is 6.00. The molecule has 2 aromatic carbocycles. The molecule has 0 saturated heterocycles. The molecule has 1 aromatic heterocycles. The van der Waals surface area contributed by atoms with Gasteiger partial charge in [-0.3, -0.25) is 4.79 Å².